The van der Waals surface area contributed by atoms with E-state index >= 15 is 0 Å². The normalized spacial score (nSPS) is 11.6. The highest BCUT2D eigenvalue weighted by Crippen LogP contribution is 2.25. The second-order valence-electron chi connectivity index (χ2n) is 4.93. The van der Waals surface area contributed by atoms with Crippen LogP contribution in [0, 0.1) is 13.8 Å². The molecular formula is C13H21NO. The van der Waals surface area contributed by atoms with Crippen LogP contribution in [0.5, 0.6) is 5.75 Å². The average molecular weight is 207 g/mol. The molecule has 0 heterocycles. The van der Waals surface area contributed by atoms with Gasteiger partial charge in [-0.05, 0) is 50.8 Å². The minimum atomic E-state index is -0.159. The van der Waals surface area contributed by atoms with Gasteiger partial charge in [0.25, 0.3) is 0 Å². The van der Waals surface area contributed by atoms with Crippen molar-refractivity contribution in [1.82, 2.24) is 0 Å². The number of nitrogens with two attached hydrogens (primary N) is 1. The summed E-state index contributed by atoms with van der Waals surface area (Å²) in [5.41, 5.74) is 9.48. The van der Waals surface area contributed by atoms with Gasteiger partial charge < -0.3 is 10.5 Å². The molecule has 1 aromatic carbocycles. The zero-order chi connectivity index (χ0) is 11.6. The number of ether oxygens (including phenoxy) is 1. The Labute approximate surface area is 92.4 Å². The largest absolute Gasteiger partial charge is 0.496 e. The standard InChI is InChI=1S/C13H21NO/c1-9-6-11(8-13(3,4)14)7-10(2)12(9)15-5/h6-7H,8,14H2,1-5H3. The highest BCUT2D eigenvalue weighted by Gasteiger charge is 2.13. The van der Waals surface area contributed by atoms with E-state index in [1.54, 1.807) is 7.11 Å². The smallest absolute Gasteiger partial charge is 0.124 e. The van der Waals surface area contributed by atoms with Gasteiger partial charge in [-0.15, -0.1) is 0 Å². The summed E-state index contributed by atoms with van der Waals surface area (Å²) in [5, 5.41) is 0. The van der Waals surface area contributed by atoms with E-state index in [9.17, 15) is 0 Å². The molecule has 0 unspecified atom stereocenters. The van der Waals surface area contributed by atoms with Gasteiger partial charge in [0.1, 0.15) is 5.75 Å². The van der Waals surface area contributed by atoms with Crippen molar-refractivity contribution >= 4 is 0 Å². The first kappa shape index (κ1) is 12.1. The van der Waals surface area contributed by atoms with Gasteiger partial charge >= 0.3 is 0 Å². The van der Waals surface area contributed by atoms with Crippen molar-refractivity contribution in [3.05, 3.63) is 28.8 Å². The van der Waals surface area contributed by atoms with Gasteiger partial charge in [-0.25, -0.2) is 0 Å². The molecule has 0 fully saturated rings. The van der Waals surface area contributed by atoms with E-state index in [-0.39, 0.29) is 5.54 Å². The van der Waals surface area contributed by atoms with Crippen molar-refractivity contribution in [1.29, 1.82) is 0 Å². The van der Waals surface area contributed by atoms with E-state index in [4.69, 9.17) is 10.5 Å². The average Bonchev–Trinajstić information content (AvgIpc) is 1.99. The summed E-state index contributed by atoms with van der Waals surface area (Å²) in [6.45, 7) is 8.22. The summed E-state index contributed by atoms with van der Waals surface area (Å²) >= 11 is 0. The third kappa shape index (κ3) is 3.24. The van der Waals surface area contributed by atoms with E-state index in [0.717, 1.165) is 12.2 Å². The van der Waals surface area contributed by atoms with Crippen LogP contribution in [0.1, 0.15) is 30.5 Å². The van der Waals surface area contributed by atoms with Gasteiger partial charge in [0, 0.05) is 5.54 Å². The Morgan fingerprint density at radius 1 is 1.20 bits per heavy atom. The molecule has 0 saturated carbocycles. The second-order valence-corrected chi connectivity index (χ2v) is 4.93. The molecule has 15 heavy (non-hydrogen) atoms. The lowest BCUT2D eigenvalue weighted by atomic mass is 9.93. The molecule has 84 valence electrons. The van der Waals surface area contributed by atoms with Crippen LogP contribution in [0.2, 0.25) is 0 Å². The second kappa shape index (κ2) is 4.23. The molecule has 0 aliphatic rings. The summed E-state index contributed by atoms with van der Waals surface area (Å²) in [7, 11) is 1.71. The quantitative estimate of drug-likeness (QED) is 0.827. The van der Waals surface area contributed by atoms with E-state index in [2.05, 4.69) is 26.0 Å². The molecule has 0 aliphatic carbocycles. The van der Waals surface area contributed by atoms with Gasteiger partial charge in [-0.2, -0.15) is 0 Å². The number of methoxy groups -OCH3 is 1. The highest BCUT2D eigenvalue weighted by molar-refractivity contribution is 5.43. The number of rotatable bonds is 3. The minimum absolute atomic E-state index is 0.159. The Hall–Kier alpha value is -1.02. The van der Waals surface area contributed by atoms with Gasteiger partial charge in [0.05, 0.1) is 7.11 Å². The Kier molecular flexibility index (Phi) is 3.40. The Bertz CT molecular complexity index is 327. The Balaban J connectivity index is 3.04. The molecule has 0 saturated heterocycles. The minimum Gasteiger partial charge on any atom is -0.496 e. The summed E-state index contributed by atoms with van der Waals surface area (Å²) in [6, 6.07) is 4.31. The monoisotopic (exact) mass is 207 g/mol. The topological polar surface area (TPSA) is 35.2 Å². The number of hydrogen-bond acceptors (Lipinski definition) is 2. The SMILES string of the molecule is COc1c(C)cc(CC(C)(C)N)cc1C. The van der Waals surface area contributed by atoms with Crippen LogP contribution < -0.4 is 10.5 Å². The van der Waals surface area contributed by atoms with Gasteiger partial charge in [0.15, 0.2) is 0 Å². The molecule has 0 aromatic heterocycles. The van der Waals surface area contributed by atoms with Crippen LogP contribution >= 0.6 is 0 Å². The molecule has 0 radical (unpaired) electrons. The zero-order valence-electron chi connectivity index (χ0n) is 10.3. The first-order valence-corrected chi connectivity index (χ1v) is 5.26. The van der Waals surface area contributed by atoms with Crippen LogP contribution in [0.15, 0.2) is 12.1 Å². The van der Waals surface area contributed by atoms with E-state index in [0.29, 0.717) is 0 Å². The summed E-state index contributed by atoms with van der Waals surface area (Å²) < 4.78 is 5.33. The first-order valence-electron chi connectivity index (χ1n) is 5.26. The van der Waals surface area contributed by atoms with E-state index in [1.807, 2.05) is 13.8 Å². The number of benzene rings is 1. The molecule has 0 amide bonds. The fourth-order valence-corrected chi connectivity index (χ4v) is 1.99. The lowest BCUT2D eigenvalue weighted by Gasteiger charge is -2.20. The third-order valence-electron chi connectivity index (χ3n) is 2.38. The lowest BCUT2D eigenvalue weighted by molar-refractivity contribution is 0.408. The molecule has 0 aliphatic heterocycles. The molecule has 0 bridgehead atoms. The lowest BCUT2D eigenvalue weighted by Crippen LogP contribution is -2.34. The van der Waals surface area contributed by atoms with Crippen LogP contribution in [-0.4, -0.2) is 12.6 Å². The summed E-state index contributed by atoms with van der Waals surface area (Å²) in [5.74, 6) is 0.980. The fourth-order valence-electron chi connectivity index (χ4n) is 1.99. The van der Waals surface area contributed by atoms with E-state index in [1.165, 1.54) is 16.7 Å². The molecule has 2 N–H and O–H groups in total. The van der Waals surface area contributed by atoms with Crippen molar-refractivity contribution in [2.24, 2.45) is 5.73 Å². The third-order valence-corrected chi connectivity index (χ3v) is 2.38. The maximum absolute atomic E-state index is 6.01. The summed E-state index contributed by atoms with van der Waals surface area (Å²) in [4.78, 5) is 0. The van der Waals surface area contributed by atoms with Crippen LogP contribution in [0.25, 0.3) is 0 Å². The Morgan fingerprint density at radius 3 is 2.00 bits per heavy atom. The molecule has 2 heteroatoms. The number of aryl methyl sites for hydroxylation is 2. The van der Waals surface area contributed by atoms with Crippen molar-refractivity contribution in [2.75, 3.05) is 7.11 Å². The van der Waals surface area contributed by atoms with Gasteiger partial charge in [-0.3, -0.25) is 0 Å². The number of hydrogen-bond donors (Lipinski definition) is 1. The van der Waals surface area contributed by atoms with E-state index < -0.39 is 0 Å². The van der Waals surface area contributed by atoms with Crippen molar-refractivity contribution < 1.29 is 4.74 Å². The molecule has 0 spiro atoms. The van der Waals surface area contributed by atoms with Gasteiger partial charge in [-0.1, -0.05) is 12.1 Å². The Morgan fingerprint density at radius 2 is 1.67 bits per heavy atom. The van der Waals surface area contributed by atoms with Crippen LogP contribution in [0.4, 0.5) is 0 Å². The molecule has 0 atom stereocenters. The molecule has 1 rings (SSSR count). The van der Waals surface area contributed by atoms with Gasteiger partial charge in [0.2, 0.25) is 0 Å². The highest BCUT2D eigenvalue weighted by atomic mass is 16.5. The molecular weight excluding hydrogens is 186 g/mol. The predicted octanol–water partition coefficient (Wildman–Crippen LogP) is 2.59. The fraction of sp³-hybridized carbons (Fsp3) is 0.538. The predicted molar refractivity (Wildman–Crippen MR) is 64.4 cm³/mol. The first-order chi connectivity index (χ1) is 6.83. The molecule has 2 nitrogen and oxygen atoms in total. The molecule has 1 aromatic rings. The maximum atomic E-state index is 6.01. The van der Waals surface area contributed by atoms with Crippen LogP contribution in [-0.2, 0) is 6.42 Å². The van der Waals surface area contributed by atoms with Crippen molar-refractivity contribution in [2.45, 2.75) is 39.7 Å². The van der Waals surface area contributed by atoms with Crippen molar-refractivity contribution in [3.63, 3.8) is 0 Å². The zero-order valence-corrected chi connectivity index (χ0v) is 10.3. The summed E-state index contributed by atoms with van der Waals surface area (Å²) in [6.07, 6.45) is 0.888. The maximum Gasteiger partial charge on any atom is 0.124 e. The van der Waals surface area contributed by atoms with Crippen LogP contribution in [0.3, 0.4) is 0 Å². The van der Waals surface area contributed by atoms with Crippen molar-refractivity contribution in [3.8, 4) is 5.75 Å².